The first-order chi connectivity index (χ1) is 13.6. The molecule has 144 valence electrons. The van der Waals surface area contributed by atoms with Crippen LogP contribution < -0.4 is 9.64 Å². The molecule has 1 saturated carbocycles. The first-order valence-corrected chi connectivity index (χ1v) is 9.68. The lowest BCUT2D eigenvalue weighted by Crippen LogP contribution is -2.40. The molecule has 0 radical (unpaired) electrons. The fourth-order valence-electron chi connectivity index (χ4n) is 3.60. The van der Waals surface area contributed by atoms with Crippen molar-refractivity contribution < 1.29 is 9.53 Å². The maximum atomic E-state index is 13.5. The van der Waals surface area contributed by atoms with Crippen LogP contribution in [-0.2, 0) is 0 Å². The molecule has 1 aliphatic rings. The Labute approximate surface area is 165 Å². The molecule has 0 spiro atoms. The van der Waals surface area contributed by atoms with Crippen LogP contribution >= 0.6 is 0 Å². The van der Waals surface area contributed by atoms with Gasteiger partial charge >= 0.3 is 0 Å². The van der Waals surface area contributed by atoms with E-state index in [2.05, 4.69) is 12.0 Å². The molecule has 1 amide bonds. The summed E-state index contributed by atoms with van der Waals surface area (Å²) in [4.78, 5) is 15.4. The van der Waals surface area contributed by atoms with Crippen LogP contribution in [0.4, 0.5) is 5.69 Å². The van der Waals surface area contributed by atoms with Crippen LogP contribution in [-0.4, -0.2) is 28.8 Å². The maximum absolute atomic E-state index is 13.5. The molecule has 2 aromatic carbocycles. The van der Waals surface area contributed by atoms with Gasteiger partial charge < -0.3 is 9.64 Å². The summed E-state index contributed by atoms with van der Waals surface area (Å²) in [6, 6.07) is 19.5. The molecule has 3 aromatic rings. The number of amides is 1. The van der Waals surface area contributed by atoms with Gasteiger partial charge in [0.1, 0.15) is 5.75 Å². The first kappa shape index (κ1) is 18.3. The van der Waals surface area contributed by atoms with Crippen molar-refractivity contribution in [2.24, 2.45) is 5.92 Å². The van der Waals surface area contributed by atoms with E-state index in [1.807, 2.05) is 77.2 Å². The van der Waals surface area contributed by atoms with Crippen molar-refractivity contribution in [2.75, 3.05) is 12.0 Å². The summed E-state index contributed by atoms with van der Waals surface area (Å²) in [6.45, 7) is 4.10. The van der Waals surface area contributed by atoms with Gasteiger partial charge in [-0.3, -0.25) is 4.79 Å². The lowest BCUT2D eigenvalue weighted by atomic mass is 10.1. The van der Waals surface area contributed by atoms with E-state index in [1.54, 1.807) is 7.11 Å². The number of aryl methyl sites for hydroxylation is 1. The van der Waals surface area contributed by atoms with E-state index in [4.69, 9.17) is 4.74 Å². The van der Waals surface area contributed by atoms with Crippen molar-refractivity contribution in [2.45, 2.75) is 32.7 Å². The SMILES string of the molecule is COc1ccc(N(C(=O)c2cc(C)n(-c3ccccc3)n2)C(C)C2CC2)cc1. The zero-order chi connectivity index (χ0) is 19.7. The number of rotatable bonds is 6. The smallest absolute Gasteiger partial charge is 0.279 e. The number of nitrogens with zero attached hydrogens (tertiary/aromatic N) is 3. The van der Waals surface area contributed by atoms with Gasteiger partial charge in [0.05, 0.1) is 12.8 Å². The van der Waals surface area contributed by atoms with E-state index >= 15 is 0 Å². The molecule has 1 fully saturated rings. The zero-order valence-corrected chi connectivity index (χ0v) is 16.5. The number of carbonyl (C=O) groups excluding carboxylic acids is 1. The third-order valence-electron chi connectivity index (χ3n) is 5.39. The highest BCUT2D eigenvalue weighted by molar-refractivity contribution is 6.05. The van der Waals surface area contributed by atoms with E-state index in [-0.39, 0.29) is 11.9 Å². The second kappa shape index (κ2) is 7.50. The molecule has 0 saturated heterocycles. The Kier molecular flexibility index (Phi) is 4.90. The van der Waals surface area contributed by atoms with Gasteiger partial charge in [-0.05, 0) is 75.1 Å². The number of methoxy groups -OCH3 is 1. The lowest BCUT2D eigenvalue weighted by molar-refractivity contribution is 0.0970. The molecule has 0 N–H and O–H groups in total. The Bertz CT molecular complexity index is 959. The van der Waals surface area contributed by atoms with Crippen LogP contribution in [0.15, 0.2) is 60.7 Å². The highest BCUT2D eigenvalue weighted by Crippen LogP contribution is 2.38. The summed E-state index contributed by atoms with van der Waals surface area (Å²) < 4.78 is 7.08. The Hall–Kier alpha value is -3.08. The summed E-state index contributed by atoms with van der Waals surface area (Å²) in [7, 11) is 1.64. The Morgan fingerprint density at radius 2 is 1.82 bits per heavy atom. The van der Waals surface area contributed by atoms with Crippen LogP contribution in [0.1, 0.15) is 35.9 Å². The number of ether oxygens (including phenoxy) is 1. The molecule has 1 heterocycles. The number of benzene rings is 2. The van der Waals surface area contributed by atoms with Crippen LogP contribution in [0.3, 0.4) is 0 Å². The summed E-state index contributed by atoms with van der Waals surface area (Å²) in [6.07, 6.45) is 2.33. The molecule has 0 aliphatic heterocycles. The predicted molar refractivity (Wildman–Crippen MR) is 110 cm³/mol. The summed E-state index contributed by atoms with van der Waals surface area (Å²) >= 11 is 0. The van der Waals surface area contributed by atoms with Gasteiger partial charge in [0.25, 0.3) is 5.91 Å². The Balaban J connectivity index is 1.69. The molecule has 4 rings (SSSR count). The minimum atomic E-state index is -0.0673. The van der Waals surface area contributed by atoms with Gasteiger partial charge in [0.2, 0.25) is 0 Å². The molecule has 1 aliphatic carbocycles. The number of hydrogen-bond acceptors (Lipinski definition) is 3. The number of para-hydroxylation sites is 1. The van der Waals surface area contributed by atoms with Gasteiger partial charge in [-0.25, -0.2) is 4.68 Å². The van der Waals surface area contributed by atoms with Crippen molar-refractivity contribution >= 4 is 11.6 Å². The van der Waals surface area contributed by atoms with E-state index in [1.165, 1.54) is 12.8 Å². The Morgan fingerprint density at radius 1 is 1.14 bits per heavy atom. The lowest BCUT2D eigenvalue weighted by Gasteiger charge is -2.29. The van der Waals surface area contributed by atoms with Gasteiger partial charge in [-0.15, -0.1) is 0 Å². The normalized spacial score (nSPS) is 14.5. The van der Waals surface area contributed by atoms with Crippen LogP contribution in [0.5, 0.6) is 5.75 Å². The standard InChI is InChI=1S/C23H25N3O2/c1-16-15-22(24-26(16)20-7-5-4-6-8-20)23(27)25(17(2)18-9-10-18)19-11-13-21(28-3)14-12-19/h4-8,11-15,17-18H,9-10H2,1-3H3. The monoisotopic (exact) mass is 375 g/mol. The third-order valence-corrected chi connectivity index (χ3v) is 5.39. The molecule has 1 unspecified atom stereocenters. The third kappa shape index (κ3) is 3.52. The first-order valence-electron chi connectivity index (χ1n) is 9.68. The fourth-order valence-corrected chi connectivity index (χ4v) is 3.60. The van der Waals surface area contributed by atoms with Crippen molar-refractivity contribution in [3.63, 3.8) is 0 Å². The molecular formula is C23H25N3O2. The van der Waals surface area contributed by atoms with E-state index in [0.29, 0.717) is 11.6 Å². The van der Waals surface area contributed by atoms with Gasteiger partial charge in [0, 0.05) is 17.4 Å². The van der Waals surface area contributed by atoms with Crippen molar-refractivity contribution in [3.8, 4) is 11.4 Å². The van der Waals surface area contributed by atoms with Crippen LogP contribution in [0.2, 0.25) is 0 Å². The second-order valence-corrected chi connectivity index (χ2v) is 7.37. The molecule has 5 nitrogen and oxygen atoms in total. The topological polar surface area (TPSA) is 47.4 Å². The molecule has 1 atom stereocenters. The fraction of sp³-hybridized carbons (Fsp3) is 0.304. The molecule has 1 aromatic heterocycles. The Morgan fingerprint density at radius 3 is 2.43 bits per heavy atom. The highest BCUT2D eigenvalue weighted by atomic mass is 16.5. The second-order valence-electron chi connectivity index (χ2n) is 7.37. The number of carbonyl (C=O) groups is 1. The van der Waals surface area contributed by atoms with E-state index in [0.717, 1.165) is 22.8 Å². The maximum Gasteiger partial charge on any atom is 0.279 e. The zero-order valence-electron chi connectivity index (χ0n) is 16.5. The number of aromatic nitrogens is 2. The van der Waals surface area contributed by atoms with E-state index < -0.39 is 0 Å². The summed E-state index contributed by atoms with van der Waals surface area (Å²) in [5, 5.41) is 4.62. The number of anilines is 1. The summed E-state index contributed by atoms with van der Waals surface area (Å²) in [5.74, 6) is 1.25. The molecular weight excluding hydrogens is 350 g/mol. The number of hydrogen-bond donors (Lipinski definition) is 0. The minimum absolute atomic E-state index is 0.0673. The average Bonchev–Trinajstić information content (AvgIpc) is 3.51. The van der Waals surface area contributed by atoms with E-state index in [9.17, 15) is 4.79 Å². The predicted octanol–water partition coefficient (Wildman–Crippen LogP) is 4.63. The highest BCUT2D eigenvalue weighted by Gasteiger charge is 2.36. The van der Waals surface area contributed by atoms with Gasteiger partial charge in [-0.2, -0.15) is 5.10 Å². The molecule has 5 heteroatoms. The molecule has 0 bridgehead atoms. The average molecular weight is 375 g/mol. The quantitative estimate of drug-likeness (QED) is 0.631. The van der Waals surface area contributed by atoms with Gasteiger partial charge in [-0.1, -0.05) is 18.2 Å². The van der Waals surface area contributed by atoms with Crippen LogP contribution in [0.25, 0.3) is 5.69 Å². The van der Waals surface area contributed by atoms with Crippen molar-refractivity contribution in [3.05, 3.63) is 72.1 Å². The van der Waals surface area contributed by atoms with Crippen molar-refractivity contribution in [1.29, 1.82) is 0 Å². The van der Waals surface area contributed by atoms with Crippen molar-refractivity contribution in [1.82, 2.24) is 9.78 Å². The van der Waals surface area contributed by atoms with Crippen LogP contribution in [0, 0.1) is 12.8 Å². The van der Waals surface area contributed by atoms with Gasteiger partial charge in [0.15, 0.2) is 5.69 Å². The summed E-state index contributed by atoms with van der Waals surface area (Å²) in [5.41, 5.74) is 3.22. The largest absolute Gasteiger partial charge is 0.497 e. The molecule has 28 heavy (non-hydrogen) atoms. The minimum Gasteiger partial charge on any atom is -0.497 e.